The van der Waals surface area contributed by atoms with Gasteiger partial charge < -0.3 is 20.9 Å². The van der Waals surface area contributed by atoms with Gasteiger partial charge in [0.05, 0.1) is 0 Å². The summed E-state index contributed by atoms with van der Waals surface area (Å²) in [6.07, 6.45) is 4.56. The number of nitrogens with one attached hydrogen (secondary N) is 4. The summed E-state index contributed by atoms with van der Waals surface area (Å²) >= 11 is 0. The van der Waals surface area contributed by atoms with Gasteiger partial charge in [-0.25, -0.2) is 9.97 Å². The largest absolute Gasteiger partial charge is 0.373 e. The zero-order valence-corrected chi connectivity index (χ0v) is 14.9. The minimum absolute atomic E-state index is 0.114. The summed E-state index contributed by atoms with van der Waals surface area (Å²) in [7, 11) is 1.84. The smallest absolute Gasteiger partial charge is 0.272 e. The number of amides is 1. The van der Waals surface area contributed by atoms with Crippen molar-refractivity contribution in [1.29, 1.82) is 0 Å². The topological polar surface area (TPSA) is 111 Å². The van der Waals surface area contributed by atoms with Crippen LogP contribution in [0, 0.1) is 0 Å². The van der Waals surface area contributed by atoms with E-state index in [1.165, 1.54) is 0 Å². The Hall–Kier alpha value is -2.68. The molecule has 1 amide bonds. The highest BCUT2D eigenvalue weighted by molar-refractivity contribution is 5.94. The van der Waals surface area contributed by atoms with Crippen LogP contribution in [0.5, 0.6) is 0 Å². The number of fused-ring (bicyclic) bond motifs is 1. The van der Waals surface area contributed by atoms with E-state index < -0.39 is 0 Å². The molecule has 1 atom stereocenters. The second-order valence-corrected chi connectivity index (χ2v) is 6.67. The Labute approximate surface area is 152 Å². The Morgan fingerprint density at radius 1 is 1.42 bits per heavy atom. The van der Waals surface area contributed by atoms with Gasteiger partial charge in [-0.3, -0.25) is 9.89 Å². The molecule has 2 aliphatic heterocycles. The summed E-state index contributed by atoms with van der Waals surface area (Å²) in [5.74, 6) is 1.57. The highest BCUT2D eigenvalue weighted by atomic mass is 16.1. The predicted molar refractivity (Wildman–Crippen MR) is 98.3 cm³/mol. The number of carbonyl (C=O) groups excluding carboxylic acids is 1. The lowest BCUT2D eigenvalue weighted by Gasteiger charge is -2.26. The fourth-order valence-electron chi connectivity index (χ4n) is 3.70. The van der Waals surface area contributed by atoms with Gasteiger partial charge in [0.25, 0.3) is 5.91 Å². The van der Waals surface area contributed by atoms with Crippen molar-refractivity contribution in [2.75, 3.05) is 36.9 Å². The average Bonchev–Trinajstić information content (AvgIpc) is 3.33. The summed E-state index contributed by atoms with van der Waals surface area (Å²) in [5.41, 5.74) is 2.57. The number of hydrogen-bond acceptors (Lipinski definition) is 7. The maximum Gasteiger partial charge on any atom is 0.272 e. The highest BCUT2D eigenvalue weighted by Gasteiger charge is 2.28. The van der Waals surface area contributed by atoms with E-state index in [1.54, 1.807) is 6.33 Å². The molecule has 0 spiro atoms. The lowest BCUT2D eigenvalue weighted by Crippen LogP contribution is -2.41. The standard InChI is InChI=1S/C17H24N8O/c1-18-14-7-15(22-10-21-14)25-6-2-3-11(25)8-20-17(26)16-12-9-19-5-4-13(12)23-24-16/h7,10-11,19H,2-6,8-9H2,1H3,(H,20,26)(H,23,24)(H,18,21,22). The number of nitrogens with zero attached hydrogens (tertiary/aromatic N) is 4. The van der Waals surface area contributed by atoms with Gasteiger partial charge in [-0.05, 0) is 12.8 Å². The van der Waals surface area contributed by atoms with Gasteiger partial charge in [-0.1, -0.05) is 0 Å². The molecule has 138 valence electrons. The Bertz CT molecular complexity index is 789. The number of aromatic amines is 1. The number of H-pyrrole nitrogens is 1. The Balaban J connectivity index is 1.42. The third kappa shape index (κ3) is 3.22. The second-order valence-electron chi connectivity index (χ2n) is 6.67. The first-order valence-corrected chi connectivity index (χ1v) is 9.07. The van der Waals surface area contributed by atoms with Crippen LogP contribution in [0.25, 0.3) is 0 Å². The lowest BCUT2D eigenvalue weighted by atomic mass is 10.1. The summed E-state index contributed by atoms with van der Waals surface area (Å²) in [6, 6.07) is 2.17. The van der Waals surface area contributed by atoms with Crippen LogP contribution in [0.15, 0.2) is 12.4 Å². The molecule has 2 aromatic rings. The van der Waals surface area contributed by atoms with E-state index in [9.17, 15) is 4.79 Å². The van der Waals surface area contributed by atoms with Crippen LogP contribution in [0.3, 0.4) is 0 Å². The predicted octanol–water partition coefficient (Wildman–Crippen LogP) is 0.286. The third-order valence-electron chi connectivity index (χ3n) is 5.10. The minimum Gasteiger partial charge on any atom is -0.373 e. The van der Waals surface area contributed by atoms with Gasteiger partial charge in [0, 0.05) is 63.0 Å². The van der Waals surface area contributed by atoms with Crippen LogP contribution in [-0.2, 0) is 13.0 Å². The number of aromatic nitrogens is 4. The van der Waals surface area contributed by atoms with E-state index >= 15 is 0 Å². The van der Waals surface area contributed by atoms with Crippen molar-refractivity contribution in [3.63, 3.8) is 0 Å². The normalized spacial score (nSPS) is 19.3. The molecule has 1 fully saturated rings. The minimum atomic E-state index is -0.114. The van der Waals surface area contributed by atoms with Crippen molar-refractivity contribution in [3.8, 4) is 0 Å². The van der Waals surface area contributed by atoms with Crippen molar-refractivity contribution in [1.82, 2.24) is 30.8 Å². The molecule has 0 radical (unpaired) electrons. The lowest BCUT2D eigenvalue weighted by molar-refractivity contribution is 0.0945. The van der Waals surface area contributed by atoms with Crippen LogP contribution < -0.4 is 20.9 Å². The molecule has 2 aliphatic rings. The van der Waals surface area contributed by atoms with E-state index in [4.69, 9.17) is 0 Å². The molecular formula is C17H24N8O. The first-order valence-electron chi connectivity index (χ1n) is 9.07. The van der Waals surface area contributed by atoms with Crippen LogP contribution in [0.1, 0.15) is 34.6 Å². The van der Waals surface area contributed by atoms with Crippen LogP contribution in [-0.4, -0.2) is 58.8 Å². The molecule has 4 rings (SSSR count). The van der Waals surface area contributed by atoms with E-state index in [2.05, 4.69) is 41.0 Å². The molecule has 1 unspecified atom stereocenters. The first-order chi connectivity index (χ1) is 12.8. The molecule has 0 bridgehead atoms. The summed E-state index contributed by atoms with van der Waals surface area (Å²) in [6.45, 7) is 3.12. The second kappa shape index (κ2) is 7.28. The SMILES string of the molecule is CNc1cc(N2CCCC2CNC(=O)c2n[nH]c3c2CNCC3)ncn1. The van der Waals surface area contributed by atoms with E-state index in [1.807, 2.05) is 13.1 Å². The number of rotatable bonds is 5. The fraction of sp³-hybridized carbons (Fsp3) is 0.529. The fourth-order valence-corrected chi connectivity index (χ4v) is 3.70. The van der Waals surface area contributed by atoms with Crippen molar-refractivity contribution in [2.45, 2.75) is 31.8 Å². The Morgan fingerprint density at radius 2 is 2.35 bits per heavy atom. The molecular weight excluding hydrogens is 332 g/mol. The van der Waals surface area contributed by atoms with Gasteiger partial charge in [-0.2, -0.15) is 5.10 Å². The van der Waals surface area contributed by atoms with Crippen molar-refractivity contribution in [2.24, 2.45) is 0 Å². The van der Waals surface area contributed by atoms with E-state index in [0.29, 0.717) is 18.8 Å². The van der Waals surface area contributed by atoms with Gasteiger partial charge in [0.15, 0.2) is 5.69 Å². The van der Waals surface area contributed by atoms with Crippen LogP contribution in [0.4, 0.5) is 11.6 Å². The van der Waals surface area contributed by atoms with Crippen molar-refractivity contribution in [3.05, 3.63) is 29.3 Å². The molecule has 26 heavy (non-hydrogen) atoms. The Kier molecular flexibility index (Phi) is 4.70. The van der Waals surface area contributed by atoms with Crippen molar-refractivity contribution >= 4 is 17.5 Å². The zero-order valence-electron chi connectivity index (χ0n) is 14.9. The molecule has 4 heterocycles. The molecule has 4 N–H and O–H groups in total. The van der Waals surface area contributed by atoms with Gasteiger partial charge in [0.1, 0.15) is 18.0 Å². The Morgan fingerprint density at radius 3 is 3.23 bits per heavy atom. The first kappa shape index (κ1) is 16.8. The molecule has 0 saturated carbocycles. The van der Waals surface area contributed by atoms with Crippen LogP contribution in [0.2, 0.25) is 0 Å². The monoisotopic (exact) mass is 356 g/mol. The van der Waals surface area contributed by atoms with Gasteiger partial charge in [0.2, 0.25) is 0 Å². The third-order valence-corrected chi connectivity index (χ3v) is 5.10. The average molecular weight is 356 g/mol. The number of anilines is 2. The van der Waals surface area contributed by atoms with E-state index in [0.717, 1.165) is 55.2 Å². The van der Waals surface area contributed by atoms with Gasteiger partial charge >= 0.3 is 0 Å². The summed E-state index contributed by atoms with van der Waals surface area (Å²) in [4.78, 5) is 23.4. The number of hydrogen-bond donors (Lipinski definition) is 4. The van der Waals surface area contributed by atoms with Crippen LogP contribution >= 0.6 is 0 Å². The van der Waals surface area contributed by atoms with Crippen molar-refractivity contribution < 1.29 is 4.79 Å². The zero-order chi connectivity index (χ0) is 17.9. The maximum atomic E-state index is 12.6. The molecule has 9 heteroatoms. The van der Waals surface area contributed by atoms with E-state index in [-0.39, 0.29) is 11.9 Å². The quantitative estimate of drug-likeness (QED) is 0.609. The number of carbonyl (C=O) groups is 1. The molecule has 1 saturated heterocycles. The maximum absolute atomic E-state index is 12.6. The summed E-state index contributed by atoms with van der Waals surface area (Å²) < 4.78 is 0. The molecule has 0 aliphatic carbocycles. The molecule has 2 aromatic heterocycles. The molecule has 9 nitrogen and oxygen atoms in total. The molecule has 0 aromatic carbocycles. The summed E-state index contributed by atoms with van der Waals surface area (Å²) in [5, 5.41) is 16.6. The highest BCUT2D eigenvalue weighted by Crippen LogP contribution is 2.24. The van der Waals surface area contributed by atoms with Gasteiger partial charge in [-0.15, -0.1) is 0 Å².